The Kier molecular flexibility index (Phi) is 4.34. The van der Waals surface area contributed by atoms with Crippen LogP contribution in [0.15, 0.2) is 42.5 Å². The van der Waals surface area contributed by atoms with Gasteiger partial charge < -0.3 is 19.5 Å². The predicted octanol–water partition coefficient (Wildman–Crippen LogP) is 3.38. The van der Waals surface area contributed by atoms with E-state index < -0.39 is 5.41 Å². The Bertz CT molecular complexity index is 755. The van der Waals surface area contributed by atoms with Crippen molar-refractivity contribution in [3.8, 4) is 17.2 Å². The Morgan fingerprint density at radius 1 is 1.08 bits per heavy atom. The number of rotatable bonds is 4. The molecule has 0 fully saturated rings. The largest absolute Gasteiger partial charge is 0.495 e. The third kappa shape index (κ3) is 3.02. The Balaban J connectivity index is 1.85. The maximum Gasteiger partial charge on any atom is 0.234 e. The lowest BCUT2D eigenvalue weighted by Crippen LogP contribution is -2.35. The second-order valence-electron chi connectivity index (χ2n) is 6.14. The van der Waals surface area contributed by atoms with Crippen molar-refractivity contribution in [1.29, 1.82) is 0 Å². The van der Waals surface area contributed by atoms with Crippen LogP contribution in [0.25, 0.3) is 0 Å². The normalized spacial score (nSPS) is 13.3. The maximum atomic E-state index is 12.8. The van der Waals surface area contributed by atoms with Crippen LogP contribution in [-0.2, 0) is 10.2 Å². The van der Waals surface area contributed by atoms with Crippen molar-refractivity contribution in [3.05, 3.63) is 48.0 Å². The van der Waals surface area contributed by atoms with Crippen LogP contribution in [0, 0.1) is 0 Å². The Labute approximate surface area is 141 Å². The number of para-hydroxylation sites is 2. The topological polar surface area (TPSA) is 56.8 Å². The van der Waals surface area contributed by atoms with Gasteiger partial charge in [-0.05, 0) is 43.7 Å². The summed E-state index contributed by atoms with van der Waals surface area (Å²) < 4.78 is 16.4. The summed E-state index contributed by atoms with van der Waals surface area (Å²) in [5.74, 6) is 1.90. The van der Waals surface area contributed by atoms with E-state index in [1.807, 2.05) is 56.3 Å². The predicted molar refractivity (Wildman–Crippen MR) is 92.1 cm³/mol. The number of fused-ring (bicyclic) bond motifs is 1. The highest BCUT2D eigenvalue weighted by atomic mass is 16.6. The van der Waals surface area contributed by atoms with Crippen molar-refractivity contribution in [3.63, 3.8) is 0 Å². The molecule has 126 valence electrons. The Morgan fingerprint density at radius 2 is 1.79 bits per heavy atom. The van der Waals surface area contributed by atoms with E-state index >= 15 is 0 Å². The summed E-state index contributed by atoms with van der Waals surface area (Å²) in [4.78, 5) is 12.8. The van der Waals surface area contributed by atoms with Crippen molar-refractivity contribution in [1.82, 2.24) is 0 Å². The first kappa shape index (κ1) is 16.2. The number of nitrogens with one attached hydrogen (secondary N) is 1. The van der Waals surface area contributed by atoms with Crippen LogP contribution in [0.5, 0.6) is 17.2 Å². The molecule has 1 heterocycles. The van der Waals surface area contributed by atoms with Gasteiger partial charge in [0.25, 0.3) is 0 Å². The van der Waals surface area contributed by atoms with E-state index in [4.69, 9.17) is 14.2 Å². The molecule has 0 unspecified atom stereocenters. The highest BCUT2D eigenvalue weighted by Crippen LogP contribution is 2.36. The molecule has 2 aromatic carbocycles. The van der Waals surface area contributed by atoms with Gasteiger partial charge in [-0.15, -0.1) is 0 Å². The molecule has 3 rings (SSSR count). The van der Waals surface area contributed by atoms with Crippen LogP contribution in [-0.4, -0.2) is 26.2 Å². The lowest BCUT2D eigenvalue weighted by Gasteiger charge is -2.27. The maximum absolute atomic E-state index is 12.8. The number of hydrogen-bond acceptors (Lipinski definition) is 4. The summed E-state index contributed by atoms with van der Waals surface area (Å²) in [5, 5.41) is 2.94. The molecule has 0 saturated heterocycles. The number of amides is 1. The van der Waals surface area contributed by atoms with Crippen LogP contribution in [0.3, 0.4) is 0 Å². The summed E-state index contributed by atoms with van der Waals surface area (Å²) in [6, 6.07) is 13.0. The van der Waals surface area contributed by atoms with E-state index in [0.717, 1.165) is 5.56 Å². The van der Waals surface area contributed by atoms with E-state index in [9.17, 15) is 4.79 Å². The monoisotopic (exact) mass is 327 g/mol. The average Bonchev–Trinajstić information content (AvgIpc) is 2.61. The molecule has 0 aliphatic carbocycles. The summed E-state index contributed by atoms with van der Waals surface area (Å²) in [7, 11) is 1.58. The minimum atomic E-state index is -0.739. The molecule has 5 heteroatoms. The zero-order valence-electron chi connectivity index (χ0n) is 14.1. The fourth-order valence-electron chi connectivity index (χ4n) is 2.59. The van der Waals surface area contributed by atoms with Gasteiger partial charge in [0.2, 0.25) is 5.91 Å². The molecule has 1 aliphatic rings. The molecule has 1 amide bonds. The van der Waals surface area contributed by atoms with Gasteiger partial charge in [-0.2, -0.15) is 0 Å². The van der Waals surface area contributed by atoms with Gasteiger partial charge in [-0.1, -0.05) is 18.2 Å². The minimum Gasteiger partial charge on any atom is -0.495 e. The van der Waals surface area contributed by atoms with E-state index in [2.05, 4.69) is 5.32 Å². The molecule has 2 aromatic rings. The van der Waals surface area contributed by atoms with Crippen molar-refractivity contribution >= 4 is 11.6 Å². The molecule has 0 saturated carbocycles. The number of anilines is 1. The van der Waals surface area contributed by atoms with Crippen LogP contribution >= 0.6 is 0 Å². The Morgan fingerprint density at radius 3 is 2.54 bits per heavy atom. The quantitative estimate of drug-likeness (QED) is 0.935. The first-order chi connectivity index (χ1) is 11.5. The van der Waals surface area contributed by atoms with Gasteiger partial charge in [0.1, 0.15) is 19.0 Å². The molecule has 24 heavy (non-hydrogen) atoms. The SMILES string of the molecule is COc1ccccc1NC(=O)C(C)(C)c1ccc2c(c1)OCCO2. The van der Waals surface area contributed by atoms with E-state index in [-0.39, 0.29) is 5.91 Å². The number of carbonyl (C=O) groups is 1. The first-order valence-corrected chi connectivity index (χ1v) is 7.87. The van der Waals surface area contributed by atoms with Crippen LogP contribution in [0.4, 0.5) is 5.69 Å². The average molecular weight is 327 g/mol. The van der Waals surface area contributed by atoms with Crippen molar-refractivity contribution in [2.75, 3.05) is 25.6 Å². The summed E-state index contributed by atoms with van der Waals surface area (Å²) in [6.07, 6.45) is 0. The molecule has 0 spiro atoms. The highest BCUT2D eigenvalue weighted by molar-refractivity contribution is 5.99. The molecule has 1 aliphatic heterocycles. The fourth-order valence-corrected chi connectivity index (χ4v) is 2.59. The fraction of sp³-hybridized carbons (Fsp3) is 0.316. The van der Waals surface area contributed by atoms with Gasteiger partial charge in [0, 0.05) is 0 Å². The van der Waals surface area contributed by atoms with Gasteiger partial charge in [0.15, 0.2) is 11.5 Å². The van der Waals surface area contributed by atoms with Gasteiger partial charge >= 0.3 is 0 Å². The lowest BCUT2D eigenvalue weighted by atomic mass is 9.83. The summed E-state index contributed by atoms with van der Waals surface area (Å²) >= 11 is 0. The number of methoxy groups -OCH3 is 1. The third-order valence-electron chi connectivity index (χ3n) is 4.19. The van der Waals surface area contributed by atoms with Gasteiger partial charge in [-0.25, -0.2) is 0 Å². The number of hydrogen-bond donors (Lipinski definition) is 1. The van der Waals surface area contributed by atoms with Crippen molar-refractivity contribution < 1.29 is 19.0 Å². The number of benzene rings is 2. The van der Waals surface area contributed by atoms with Gasteiger partial charge in [0.05, 0.1) is 18.2 Å². The van der Waals surface area contributed by atoms with E-state index in [1.54, 1.807) is 7.11 Å². The van der Waals surface area contributed by atoms with E-state index in [1.165, 1.54) is 0 Å². The zero-order valence-corrected chi connectivity index (χ0v) is 14.1. The Hall–Kier alpha value is -2.69. The second kappa shape index (κ2) is 6.43. The van der Waals surface area contributed by atoms with E-state index in [0.29, 0.717) is 36.1 Å². The molecule has 0 aromatic heterocycles. The summed E-state index contributed by atoms with van der Waals surface area (Å²) in [6.45, 7) is 4.82. The highest BCUT2D eigenvalue weighted by Gasteiger charge is 2.31. The molecular weight excluding hydrogens is 306 g/mol. The van der Waals surface area contributed by atoms with Gasteiger partial charge in [-0.3, -0.25) is 4.79 Å². The molecule has 0 atom stereocenters. The van der Waals surface area contributed by atoms with Crippen LogP contribution in [0.1, 0.15) is 19.4 Å². The molecule has 5 nitrogen and oxygen atoms in total. The van der Waals surface area contributed by atoms with Crippen molar-refractivity contribution in [2.24, 2.45) is 0 Å². The van der Waals surface area contributed by atoms with Crippen LogP contribution < -0.4 is 19.5 Å². The minimum absolute atomic E-state index is 0.122. The van der Waals surface area contributed by atoms with Crippen LogP contribution in [0.2, 0.25) is 0 Å². The van der Waals surface area contributed by atoms with Crippen molar-refractivity contribution in [2.45, 2.75) is 19.3 Å². The second-order valence-corrected chi connectivity index (χ2v) is 6.14. The first-order valence-electron chi connectivity index (χ1n) is 7.87. The molecule has 1 N–H and O–H groups in total. The standard InChI is InChI=1S/C19H21NO4/c1-19(2,13-8-9-16-17(12-13)24-11-10-23-16)18(21)20-14-6-4-5-7-15(14)22-3/h4-9,12H,10-11H2,1-3H3,(H,20,21). The lowest BCUT2D eigenvalue weighted by molar-refractivity contribution is -0.120. The molecule has 0 bridgehead atoms. The number of ether oxygens (including phenoxy) is 3. The molecule has 0 radical (unpaired) electrons. The third-order valence-corrected chi connectivity index (χ3v) is 4.19. The molecular formula is C19H21NO4. The summed E-state index contributed by atoms with van der Waals surface area (Å²) in [5.41, 5.74) is 0.770. The smallest absolute Gasteiger partial charge is 0.234 e. The number of carbonyl (C=O) groups excluding carboxylic acids is 1. The zero-order chi connectivity index (χ0) is 17.2.